The molecule has 1 N–H and O–H groups in total. The molecule has 0 aromatic rings. The topological polar surface area (TPSA) is 24.5 Å². The maximum absolute atomic E-state index is 5.05. The molecule has 102 valence electrons. The number of hydrogen-bond donors (Lipinski definition) is 1. The van der Waals surface area contributed by atoms with Gasteiger partial charge in [-0.05, 0) is 31.7 Å². The quantitative estimate of drug-likeness (QED) is 0.627. The molecule has 0 aliphatic carbocycles. The van der Waals surface area contributed by atoms with Crippen LogP contribution in [0.1, 0.15) is 39.5 Å². The van der Waals surface area contributed by atoms with Gasteiger partial charge in [0.15, 0.2) is 0 Å². The van der Waals surface area contributed by atoms with E-state index in [9.17, 15) is 0 Å². The van der Waals surface area contributed by atoms with Crippen LogP contribution in [0.5, 0.6) is 0 Å². The summed E-state index contributed by atoms with van der Waals surface area (Å²) in [6.07, 6.45) is 5.40. The minimum Gasteiger partial charge on any atom is -0.383 e. The van der Waals surface area contributed by atoms with Crippen LogP contribution in [0.4, 0.5) is 0 Å². The molecule has 1 aliphatic heterocycles. The molecule has 0 bridgehead atoms. The van der Waals surface area contributed by atoms with Gasteiger partial charge in [0, 0.05) is 32.8 Å². The molecule has 2 atom stereocenters. The first kappa shape index (κ1) is 14.9. The minimum absolute atomic E-state index is 0.756. The van der Waals surface area contributed by atoms with Crippen LogP contribution >= 0.6 is 0 Å². The van der Waals surface area contributed by atoms with Gasteiger partial charge in [-0.3, -0.25) is 4.90 Å². The third-order valence-electron chi connectivity index (χ3n) is 3.69. The van der Waals surface area contributed by atoms with E-state index in [-0.39, 0.29) is 0 Å². The van der Waals surface area contributed by atoms with Gasteiger partial charge in [0.1, 0.15) is 0 Å². The fraction of sp³-hybridized carbons (Fsp3) is 1.00. The van der Waals surface area contributed by atoms with Crippen LogP contribution in [0, 0.1) is 5.92 Å². The summed E-state index contributed by atoms with van der Waals surface area (Å²) in [6, 6.07) is 0.756. The molecule has 17 heavy (non-hydrogen) atoms. The Morgan fingerprint density at radius 3 is 3.00 bits per heavy atom. The van der Waals surface area contributed by atoms with Crippen molar-refractivity contribution in [2.45, 2.75) is 45.6 Å². The Hall–Kier alpha value is -0.120. The van der Waals surface area contributed by atoms with Crippen molar-refractivity contribution >= 4 is 0 Å². The molecule has 3 nitrogen and oxygen atoms in total. The highest BCUT2D eigenvalue weighted by atomic mass is 16.5. The molecule has 2 unspecified atom stereocenters. The largest absolute Gasteiger partial charge is 0.383 e. The summed E-state index contributed by atoms with van der Waals surface area (Å²) in [5, 5.41) is 3.50. The molecular weight excluding hydrogens is 212 g/mol. The van der Waals surface area contributed by atoms with E-state index in [4.69, 9.17) is 4.74 Å². The van der Waals surface area contributed by atoms with Crippen molar-refractivity contribution < 1.29 is 4.74 Å². The van der Waals surface area contributed by atoms with Gasteiger partial charge in [0.2, 0.25) is 0 Å². The lowest BCUT2D eigenvalue weighted by Gasteiger charge is -2.27. The van der Waals surface area contributed by atoms with E-state index in [1.54, 1.807) is 7.11 Å². The van der Waals surface area contributed by atoms with Crippen molar-refractivity contribution in [2.75, 3.05) is 39.9 Å². The van der Waals surface area contributed by atoms with E-state index in [0.29, 0.717) is 0 Å². The Balaban J connectivity index is 2.18. The Kier molecular flexibility index (Phi) is 7.82. The number of hydrogen-bond acceptors (Lipinski definition) is 3. The molecule has 1 saturated heterocycles. The molecule has 3 heteroatoms. The summed E-state index contributed by atoms with van der Waals surface area (Å²) in [5.41, 5.74) is 0. The first-order valence-electron chi connectivity index (χ1n) is 7.21. The fourth-order valence-corrected chi connectivity index (χ4v) is 2.79. The zero-order valence-electron chi connectivity index (χ0n) is 11.9. The van der Waals surface area contributed by atoms with Gasteiger partial charge in [-0.25, -0.2) is 0 Å². The molecule has 1 fully saturated rings. The van der Waals surface area contributed by atoms with Gasteiger partial charge >= 0.3 is 0 Å². The number of likely N-dealkylation sites (tertiary alicyclic amines) is 1. The van der Waals surface area contributed by atoms with Crippen molar-refractivity contribution in [1.29, 1.82) is 0 Å². The monoisotopic (exact) mass is 242 g/mol. The van der Waals surface area contributed by atoms with E-state index in [1.807, 2.05) is 0 Å². The Bertz CT molecular complexity index is 187. The van der Waals surface area contributed by atoms with Gasteiger partial charge < -0.3 is 10.1 Å². The van der Waals surface area contributed by atoms with E-state index in [1.165, 1.54) is 38.8 Å². The van der Waals surface area contributed by atoms with Crippen LogP contribution in [-0.4, -0.2) is 50.8 Å². The van der Waals surface area contributed by atoms with E-state index in [2.05, 4.69) is 24.1 Å². The average molecular weight is 242 g/mol. The zero-order valence-corrected chi connectivity index (χ0v) is 11.9. The van der Waals surface area contributed by atoms with Crippen LogP contribution < -0.4 is 5.32 Å². The van der Waals surface area contributed by atoms with Crippen LogP contribution in [0.2, 0.25) is 0 Å². The summed E-state index contributed by atoms with van der Waals surface area (Å²) in [4.78, 5) is 2.68. The lowest BCUT2D eigenvalue weighted by atomic mass is 10.1. The molecule has 1 heterocycles. The smallest absolute Gasteiger partial charge is 0.0587 e. The van der Waals surface area contributed by atoms with Gasteiger partial charge in [-0.1, -0.05) is 20.3 Å². The van der Waals surface area contributed by atoms with Crippen molar-refractivity contribution in [3.63, 3.8) is 0 Å². The van der Waals surface area contributed by atoms with Crippen molar-refractivity contribution in [3.8, 4) is 0 Å². The molecule has 1 rings (SSSR count). The van der Waals surface area contributed by atoms with Crippen LogP contribution in [0.15, 0.2) is 0 Å². The first-order chi connectivity index (χ1) is 8.27. The number of methoxy groups -OCH3 is 1. The van der Waals surface area contributed by atoms with Gasteiger partial charge in [0.05, 0.1) is 6.61 Å². The second-order valence-electron chi connectivity index (χ2n) is 5.38. The normalized spacial score (nSPS) is 23.1. The Morgan fingerprint density at radius 1 is 1.47 bits per heavy atom. The maximum Gasteiger partial charge on any atom is 0.0587 e. The first-order valence-corrected chi connectivity index (χ1v) is 7.21. The lowest BCUT2D eigenvalue weighted by molar-refractivity contribution is 0.185. The van der Waals surface area contributed by atoms with Crippen LogP contribution in [-0.2, 0) is 4.74 Å². The number of ether oxygens (including phenoxy) is 1. The molecule has 0 spiro atoms. The van der Waals surface area contributed by atoms with Gasteiger partial charge in [0.25, 0.3) is 0 Å². The predicted octanol–water partition coefficient (Wildman–Crippen LogP) is 2.12. The highest BCUT2D eigenvalue weighted by molar-refractivity contribution is 4.81. The Morgan fingerprint density at radius 2 is 2.29 bits per heavy atom. The summed E-state index contributed by atoms with van der Waals surface area (Å²) >= 11 is 0. The Labute approximate surface area is 107 Å². The van der Waals surface area contributed by atoms with E-state index < -0.39 is 0 Å². The molecule has 1 aliphatic rings. The minimum atomic E-state index is 0.756. The number of rotatable bonds is 9. The third kappa shape index (κ3) is 5.84. The average Bonchev–Trinajstić information content (AvgIpc) is 2.72. The SMILES string of the molecule is CCCC(C)CN1CCCC1CNCCOC. The highest BCUT2D eigenvalue weighted by Gasteiger charge is 2.24. The van der Waals surface area contributed by atoms with Crippen molar-refractivity contribution in [3.05, 3.63) is 0 Å². The molecule has 0 radical (unpaired) electrons. The van der Waals surface area contributed by atoms with Gasteiger partial charge in [-0.15, -0.1) is 0 Å². The van der Waals surface area contributed by atoms with E-state index >= 15 is 0 Å². The van der Waals surface area contributed by atoms with E-state index in [0.717, 1.165) is 31.7 Å². The second kappa shape index (κ2) is 8.90. The van der Waals surface area contributed by atoms with Crippen molar-refractivity contribution in [1.82, 2.24) is 10.2 Å². The highest BCUT2D eigenvalue weighted by Crippen LogP contribution is 2.19. The summed E-state index contributed by atoms with van der Waals surface area (Å²) in [7, 11) is 1.76. The standard InChI is InChI=1S/C14H30N2O/c1-4-6-13(2)12-16-9-5-7-14(16)11-15-8-10-17-3/h13-15H,4-12H2,1-3H3. The number of nitrogens with zero attached hydrogens (tertiary/aromatic N) is 1. The summed E-state index contributed by atoms with van der Waals surface area (Å²) in [6.45, 7) is 10.2. The number of nitrogens with one attached hydrogen (secondary N) is 1. The maximum atomic E-state index is 5.05. The zero-order chi connectivity index (χ0) is 12.5. The third-order valence-corrected chi connectivity index (χ3v) is 3.69. The van der Waals surface area contributed by atoms with Crippen molar-refractivity contribution in [2.24, 2.45) is 5.92 Å². The van der Waals surface area contributed by atoms with Crippen LogP contribution in [0.25, 0.3) is 0 Å². The molecule has 0 saturated carbocycles. The second-order valence-corrected chi connectivity index (χ2v) is 5.38. The predicted molar refractivity (Wildman–Crippen MR) is 73.4 cm³/mol. The van der Waals surface area contributed by atoms with Gasteiger partial charge in [-0.2, -0.15) is 0 Å². The summed E-state index contributed by atoms with van der Waals surface area (Å²) in [5.74, 6) is 0.847. The lowest BCUT2D eigenvalue weighted by Crippen LogP contribution is -2.40. The molecule has 0 amide bonds. The molecule has 0 aromatic heterocycles. The fourth-order valence-electron chi connectivity index (χ4n) is 2.79. The summed E-state index contributed by atoms with van der Waals surface area (Å²) < 4.78 is 5.05. The molecule has 0 aromatic carbocycles. The van der Waals surface area contributed by atoms with Crippen LogP contribution in [0.3, 0.4) is 0 Å². The molecular formula is C14H30N2O.